The zero-order valence-electron chi connectivity index (χ0n) is 12.2. The molecule has 3 N–H and O–H groups in total. The molecule has 6 heteroatoms. The van der Waals surface area contributed by atoms with Gasteiger partial charge in [-0.25, -0.2) is 4.79 Å². The Morgan fingerprint density at radius 1 is 1.43 bits per heavy atom. The molecule has 6 nitrogen and oxygen atoms in total. The van der Waals surface area contributed by atoms with E-state index in [0.717, 1.165) is 30.4 Å². The van der Waals surface area contributed by atoms with E-state index in [0.29, 0.717) is 5.75 Å². The van der Waals surface area contributed by atoms with E-state index in [1.54, 1.807) is 19.1 Å². The summed E-state index contributed by atoms with van der Waals surface area (Å²) in [5.41, 5.74) is 1.97. The second-order valence-corrected chi connectivity index (χ2v) is 5.10. The third kappa shape index (κ3) is 3.72. The topological polar surface area (TPSA) is 87.7 Å². The van der Waals surface area contributed by atoms with Crippen molar-refractivity contribution in [3.05, 3.63) is 29.3 Å². The van der Waals surface area contributed by atoms with Crippen LogP contribution in [0.25, 0.3) is 0 Å². The van der Waals surface area contributed by atoms with Crippen molar-refractivity contribution in [1.82, 2.24) is 10.6 Å². The third-order valence-electron chi connectivity index (χ3n) is 3.55. The summed E-state index contributed by atoms with van der Waals surface area (Å²) in [7, 11) is 1.43. The van der Waals surface area contributed by atoms with Crippen LogP contribution >= 0.6 is 0 Å². The Morgan fingerprint density at radius 2 is 2.19 bits per heavy atom. The largest absolute Gasteiger partial charge is 0.481 e. The number of nitrogens with one attached hydrogen (secondary N) is 2. The number of amides is 3. The minimum Gasteiger partial charge on any atom is -0.481 e. The van der Waals surface area contributed by atoms with Gasteiger partial charge in [-0.15, -0.1) is 0 Å². The van der Waals surface area contributed by atoms with E-state index in [2.05, 4.69) is 10.6 Å². The first-order valence-corrected chi connectivity index (χ1v) is 7.01. The molecule has 21 heavy (non-hydrogen) atoms. The Morgan fingerprint density at radius 3 is 2.90 bits per heavy atom. The highest BCUT2D eigenvalue weighted by Crippen LogP contribution is 2.32. The number of hydrogen-bond donors (Lipinski definition) is 3. The molecule has 2 rings (SSSR count). The number of carbonyl (C=O) groups excluding carboxylic acids is 2. The zero-order chi connectivity index (χ0) is 15.4. The molecule has 1 aliphatic carbocycles. The predicted octanol–water partition coefficient (Wildman–Crippen LogP) is 1.28. The Hall–Kier alpha value is -2.08. The Kier molecular flexibility index (Phi) is 4.80. The first kappa shape index (κ1) is 15.3. The minimum atomic E-state index is -0.805. The highest BCUT2D eigenvalue weighted by Gasteiger charge is 2.21. The van der Waals surface area contributed by atoms with E-state index < -0.39 is 24.1 Å². The summed E-state index contributed by atoms with van der Waals surface area (Å²) in [4.78, 5) is 22.8. The van der Waals surface area contributed by atoms with Crippen LogP contribution in [0, 0.1) is 0 Å². The van der Waals surface area contributed by atoms with Crippen molar-refractivity contribution in [2.75, 3.05) is 7.05 Å². The lowest BCUT2D eigenvalue weighted by Gasteiger charge is -2.22. The van der Waals surface area contributed by atoms with Crippen molar-refractivity contribution in [1.29, 1.82) is 0 Å². The maximum absolute atomic E-state index is 11.7. The van der Waals surface area contributed by atoms with Crippen LogP contribution in [0.5, 0.6) is 5.75 Å². The van der Waals surface area contributed by atoms with Crippen LogP contribution in [0.4, 0.5) is 4.79 Å². The fourth-order valence-corrected chi connectivity index (χ4v) is 2.36. The molecule has 1 aliphatic rings. The molecule has 0 spiro atoms. The van der Waals surface area contributed by atoms with Crippen LogP contribution in [0.1, 0.15) is 37.0 Å². The maximum Gasteiger partial charge on any atom is 0.321 e. The quantitative estimate of drug-likeness (QED) is 0.783. The van der Waals surface area contributed by atoms with Crippen LogP contribution in [-0.2, 0) is 11.2 Å². The Balaban J connectivity index is 2.04. The SMILES string of the molecule is CNC(=O)NC(=O)C(C)Oc1ccc2c(c1)C(O)CCC2. The third-order valence-corrected chi connectivity index (χ3v) is 3.55. The molecule has 0 bridgehead atoms. The highest BCUT2D eigenvalue weighted by molar-refractivity contribution is 5.96. The van der Waals surface area contributed by atoms with E-state index in [1.807, 2.05) is 6.07 Å². The van der Waals surface area contributed by atoms with Crippen molar-refractivity contribution < 1.29 is 19.4 Å². The van der Waals surface area contributed by atoms with Gasteiger partial charge < -0.3 is 15.2 Å². The van der Waals surface area contributed by atoms with Gasteiger partial charge in [-0.2, -0.15) is 0 Å². The highest BCUT2D eigenvalue weighted by atomic mass is 16.5. The molecule has 2 atom stereocenters. The van der Waals surface area contributed by atoms with Crippen LogP contribution < -0.4 is 15.4 Å². The zero-order valence-corrected chi connectivity index (χ0v) is 12.2. The van der Waals surface area contributed by atoms with Gasteiger partial charge in [-0.05, 0) is 49.4 Å². The molecule has 2 unspecified atom stereocenters. The number of ether oxygens (including phenoxy) is 1. The van der Waals surface area contributed by atoms with Crippen LogP contribution in [0.3, 0.4) is 0 Å². The van der Waals surface area contributed by atoms with Crippen LogP contribution in [0.2, 0.25) is 0 Å². The van der Waals surface area contributed by atoms with Crippen molar-refractivity contribution in [3.8, 4) is 5.75 Å². The number of aliphatic hydroxyl groups excluding tert-OH is 1. The number of aliphatic hydroxyl groups is 1. The van der Waals surface area contributed by atoms with Gasteiger partial charge in [-0.3, -0.25) is 10.1 Å². The van der Waals surface area contributed by atoms with Gasteiger partial charge in [0.1, 0.15) is 5.75 Å². The van der Waals surface area contributed by atoms with Gasteiger partial charge in [-0.1, -0.05) is 6.07 Å². The average molecular weight is 292 g/mol. The summed E-state index contributed by atoms with van der Waals surface area (Å²) in [6.07, 6.45) is 1.37. The monoisotopic (exact) mass is 292 g/mol. The van der Waals surface area contributed by atoms with E-state index in [1.165, 1.54) is 7.05 Å². The summed E-state index contributed by atoms with van der Waals surface area (Å²) in [5.74, 6) is -0.0122. The second-order valence-electron chi connectivity index (χ2n) is 5.10. The number of benzene rings is 1. The molecule has 0 heterocycles. The number of carbonyl (C=O) groups is 2. The normalized spacial score (nSPS) is 18.3. The molecular weight excluding hydrogens is 272 g/mol. The lowest BCUT2D eigenvalue weighted by Crippen LogP contribution is -2.43. The van der Waals surface area contributed by atoms with E-state index in [4.69, 9.17) is 4.74 Å². The van der Waals surface area contributed by atoms with Crippen molar-refractivity contribution in [2.45, 2.75) is 38.4 Å². The number of rotatable bonds is 3. The van der Waals surface area contributed by atoms with Gasteiger partial charge in [0.15, 0.2) is 6.10 Å². The number of aryl methyl sites for hydroxylation is 1. The van der Waals surface area contributed by atoms with Crippen molar-refractivity contribution in [3.63, 3.8) is 0 Å². The molecule has 0 aliphatic heterocycles. The second kappa shape index (κ2) is 6.58. The molecule has 0 radical (unpaired) electrons. The van der Waals surface area contributed by atoms with E-state index >= 15 is 0 Å². The molecule has 0 fully saturated rings. The van der Waals surface area contributed by atoms with Crippen molar-refractivity contribution in [2.24, 2.45) is 0 Å². The molecule has 0 saturated heterocycles. The summed E-state index contributed by atoms with van der Waals surface area (Å²) in [6, 6.07) is 4.89. The molecule has 3 amide bonds. The predicted molar refractivity (Wildman–Crippen MR) is 77.0 cm³/mol. The fraction of sp³-hybridized carbons (Fsp3) is 0.467. The first-order valence-electron chi connectivity index (χ1n) is 7.01. The number of hydrogen-bond acceptors (Lipinski definition) is 4. The summed E-state index contributed by atoms with van der Waals surface area (Å²) in [5, 5.41) is 14.5. The minimum absolute atomic E-state index is 0.479. The smallest absolute Gasteiger partial charge is 0.321 e. The number of imide groups is 1. The van der Waals surface area contributed by atoms with Gasteiger partial charge >= 0.3 is 6.03 Å². The Labute approximate surface area is 123 Å². The fourth-order valence-electron chi connectivity index (χ4n) is 2.36. The van der Waals surface area contributed by atoms with Crippen LogP contribution in [0.15, 0.2) is 18.2 Å². The van der Waals surface area contributed by atoms with Gasteiger partial charge in [0.2, 0.25) is 0 Å². The average Bonchev–Trinajstić information content (AvgIpc) is 2.47. The lowest BCUT2D eigenvalue weighted by atomic mass is 9.89. The van der Waals surface area contributed by atoms with E-state index in [-0.39, 0.29) is 0 Å². The van der Waals surface area contributed by atoms with E-state index in [9.17, 15) is 14.7 Å². The van der Waals surface area contributed by atoms with Gasteiger partial charge in [0.05, 0.1) is 6.10 Å². The summed E-state index contributed by atoms with van der Waals surface area (Å²) in [6.45, 7) is 1.56. The van der Waals surface area contributed by atoms with Crippen LogP contribution in [-0.4, -0.2) is 30.2 Å². The first-order chi connectivity index (χ1) is 10.0. The standard InChI is InChI=1S/C15H20N2O4/c1-9(14(19)17-15(20)16-2)21-11-7-6-10-4-3-5-13(18)12(10)8-11/h6-9,13,18H,3-5H2,1-2H3,(H2,16,17,19,20). The molecule has 1 aromatic rings. The van der Waals surface area contributed by atoms with Crippen molar-refractivity contribution >= 4 is 11.9 Å². The molecule has 0 aromatic heterocycles. The maximum atomic E-state index is 11.7. The molecule has 114 valence electrons. The molecule has 0 saturated carbocycles. The Bertz CT molecular complexity index is 544. The number of urea groups is 1. The molecular formula is C15H20N2O4. The van der Waals surface area contributed by atoms with Gasteiger partial charge in [0.25, 0.3) is 5.91 Å². The molecule has 1 aromatic carbocycles. The van der Waals surface area contributed by atoms with Gasteiger partial charge in [0, 0.05) is 7.05 Å². The number of fused-ring (bicyclic) bond motifs is 1. The lowest BCUT2D eigenvalue weighted by molar-refractivity contribution is -0.126. The summed E-state index contributed by atoms with van der Waals surface area (Å²) >= 11 is 0. The summed E-state index contributed by atoms with van der Waals surface area (Å²) < 4.78 is 5.53.